The van der Waals surface area contributed by atoms with E-state index >= 15 is 0 Å². The first-order chi connectivity index (χ1) is 7.13. The van der Waals surface area contributed by atoms with Crippen LogP contribution < -0.4 is 0 Å². The van der Waals surface area contributed by atoms with Gasteiger partial charge in [-0.3, -0.25) is 0 Å². The largest absolute Gasteiger partial charge is 0.505 e. The van der Waals surface area contributed by atoms with Gasteiger partial charge in [-0.25, -0.2) is 4.79 Å². The smallest absolute Gasteiger partial charge is 0.457 e. The molecule has 1 fully saturated rings. The van der Waals surface area contributed by atoms with Gasteiger partial charge in [0, 0.05) is 0 Å². The van der Waals surface area contributed by atoms with Crippen LogP contribution in [-0.4, -0.2) is 42.1 Å². The summed E-state index contributed by atoms with van der Waals surface area (Å²) >= 11 is 0. The third kappa shape index (κ3) is 1.68. The third-order valence-corrected chi connectivity index (χ3v) is 2.38. The summed E-state index contributed by atoms with van der Waals surface area (Å²) in [7, 11) is -0.343. The number of aliphatic hydroxyl groups excluding tert-OH is 2. The highest BCUT2D eigenvalue weighted by molar-refractivity contribution is 6.44. The highest BCUT2D eigenvalue weighted by Gasteiger charge is 2.44. The molecule has 0 aromatic heterocycles. The van der Waals surface area contributed by atoms with Crippen molar-refractivity contribution >= 4 is 13.1 Å². The topological polar surface area (TPSA) is 85.2 Å². The van der Waals surface area contributed by atoms with Crippen molar-refractivity contribution in [3.63, 3.8) is 0 Å². The molecule has 2 N–H and O–H groups in total. The minimum Gasteiger partial charge on any atom is -0.505 e. The molecule has 0 radical (unpaired) electrons. The number of hydrogen-bond acceptors (Lipinski definition) is 6. The second kappa shape index (κ2) is 3.75. The van der Waals surface area contributed by atoms with Crippen molar-refractivity contribution in [2.45, 2.75) is 25.5 Å². The summed E-state index contributed by atoms with van der Waals surface area (Å²) < 4.78 is 15.3. The van der Waals surface area contributed by atoms with Crippen molar-refractivity contribution in [1.82, 2.24) is 0 Å². The summed E-state index contributed by atoms with van der Waals surface area (Å²) in [5.41, 5.74) is 0. The number of esters is 1. The van der Waals surface area contributed by atoms with Crippen LogP contribution in [0.2, 0.25) is 6.32 Å². The molecule has 0 bridgehead atoms. The van der Waals surface area contributed by atoms with Gasteiger partial charge >= 0.3 is 13.1 Å². The lowest BCUT2D eigenvalue weighted by atomic mass is 9.87. The van der Waals surface area contributed by atoms with E-state index < -0.39 is 29.7 Å². The standard InChI is InChI=1S/C8H11BO6/c1-2-9-13-3-4(15-9)7-5(10)6(11)8(12)14-7/h4,7,10-11H,2-3H2,1H3. The normalized spacial score (nSPS) is 31.3. The van der Waals surface area contributed by atoms with Crippen molar-refractivity contribution in [3.8, 4) is 0 Å². The van der Waals surface area contributed by atoms with Crippen LogP contribution in [0.5, 0.6) is 0 Å². The Morgan fingerprint density at radius 1 is 1.53 bits per heavy atom. The minimum absolute atomic E-state index is 0.230. The van der Waals surface area contributed by atoms with Crippen molar-refractivity contribution in [3.05, 3.63) is 11.5 Å². The molecule has 82 valence electrons. The molecule has 6 nitrogen and oxygen atoms in total. The third-order valence-electron chi connectivity index (χ3n) is 2.38. The average molecular weight is 214 g/mol. The first-order valence-corrected chi connectivity index (χ1v) is 4.73. The molecular weight excluding hydrogens is 203 g/mol. The number of carbonyl (C=O) groups is 1. The van der Waals surface area contributed by atoms with Gasteiger partial charge in [0.05, 0.1) is 6.61 Å². The van der Waals surface area contributed by atoms with Gasteiger partial charge < -0.3 is 24.3 Å². The molecule has 0 aromatic rings. The molecule has 2 heterocycles. The summed E-state index contributed by atoms with van der Waals surface area (Å²) in [6.45, 7) is 2.12. The first kappa shape index (κ1) is 10.3. The van der Waals surface area contributed by atoms with Crippen LogP contribution in [0.3, 0.4) is 0 Å². The van der Waals surface area contributed by atoms with E-state index in [1.807, 2.05) is 6.92 Å². The summed E-state index contributed by atoms with van der Waals surface area (Å²) in [5, 5.41) is 18.5. The van der Waals surface area contributed by atoms with Crippen molar-refractivity contribution in [2.75, 3.05) is 6.61 Å². The van der Waals surface area contributed by atoms with Crippen LogP contribution in [0.25, 0.3) is 0 Å². The summed E-state index contributed by atoms with van der Waals surface area (Å²) in [4.78, 5) is 10.9. The van der Waals surface area contributed by atoms with Gasteiger partial charge in [0.1, 0.15) is 6.10 Å². The van der Waals surface area contributed by atoms with E-state index in [2.05, 4.69) is 0 Å². The Morgan fingerprint density at radius 2 is 2.27 bits per heavy atom. The van der Waals surface area contributed by atoms with E-state index in [0.717, 1.165) is 0 Å². The zero-order chi connectivity index (χ0) is 11.0. The van der Waals surface area contributed by atoms with Gasteiger partial charge in [-0.05, 0) is 6.32 Å². The zero-order valence-corrected chi connectivity index (χ0v) is 8.17. The Labute approximate surface area is 86.6 Å². The highest BCUT2D eigenvalue weighted by atomic mass is 16.7. The van der Waals surface area contributed by atoms with E-state index in [0.29, 0.717) is 6.32 Å². The molecule has 2 rings (SSSR count). The van der Waals surface area contributed by atoms with Crippen LogP contribution in [0.4, 0.5) is 0 Å². The van der Waals surface area contributed by atoms with E-state index in [4.69, 9.17) is 19.2 Å². The predicted octanol–water partition coefficient (Wildman–Crippen LogP) is 0.163. The first-order valence-electron chi connectivity index (χ1n) is 4.73. The summed E-state index contributed by atoms with van der Waals surface area (Å²) in [6, 6.07) is 0. The number of cyclic esters (lactones) is 1. The highest BCUT2D eigenvalue weighted by Crippen LogP contribution is 2.26. The lowest BCUT2D eigenvalue weighted by Gasteiger charge is -2.16. The van der Waals surface area contributed by atoms with Gasteiger partial charge in [0.2, 0.25) is 5.76 Å². The Balaban J connectivity index is 2.05. The van der Waals surface area contributed by atoms with Crippen molar-refractivity contribution in [1.29, 1.82) is 0 Å². The maximum Gasteiger partial charge on any atom is 0.457 e. The molecular formula is C8H11BO6. The number of ether oxygens (including phenoxy) is 1. The molecule has 0 aromatic carbocycles. The second-order valence-corrected chi connectivity index (χ2v) is 3.41. The Hall–Kier alpha value is -1.21. The number of aliphatic hydroxyl groups is 2. The van der Waals surface area contributed by atoms with Gasteiger partial charge in [0.25, 0.3) is 0 Å². The predicted molar refractivity (Wildman–Crippen MR) is 49.2 cm³/mol. The van der Waals surface area contributed by atoms with Crippen LogP contribution in [0.15, 0.2) is 11.5 Å². The molecule has 15 heavy (non-hydrogen) atoms. The fourth-order valence-corrected chi connectivity index (χ4v) is 1.57. The Kier molecular flexibility index (Phi) is 2.58. The van der Waals surface area contributed by atoms with Crippen LogP contribution in [-0.2, 0) is 18.8 Å². The number of rotatable bonds is 2. The molecule has 0 aliphatic carbocycles. The second-order valence-electron chi connectivity index (χ2n) is 3.41. The summed E-state index contributed by atoms with van der Waals surface area (Å²) in [5.74, 6) is -2.16. The lowest BCUT2D eigenvalue weighted by Crippen LogP contribution is -2.31. The monoisotopic (exact) mass is 214 g/mol. The molecule has 2 atom stereocenters. The lowest BCUT2D eigenvalue weighted by molar-refractivity contribution is -0.145. The van der Waals surface area contributed by atoms with Gasteiger partial charge in [-0.1, -0.05) is 6.92 Å². The van der Waals surface area contributed by atoms with E-state index in [1.54, 1.807) is 0 Å². The molecule has 2 unspecified atom stereocenters. The molecule has 2 aliphatic rings. The van der Waals surface area contributed by atoms with Gasteiger partial charge in [-0.15, -0.1) is 0 Å². The maximum absolute atomic E-state index is 10.9. The summed E-state index contributed by atoms with van der Waals surface area (Å²) in [6.07, 6.45) is -0.828. The zero-order valence-electron chi connectivity index (χ0n) is 8.17. The fraction of sp³-hybridized carbons (Fsp3) is 0.625. The molecule has 7 heteroatoms. The van der Waals surface area contributed by atoms with Crippen molar-refractivity contribution in [2.24, 2.45) is 0 Å². The van der Waals surface area contributed by atoms with Gasteiger partial charge in [0.15, 0.2) is 11.9 Å². The molecule has 2 aliphatic heterocycles. The van der Waals surface area contributed by atoms with Crippen molar-refractivity contribution < 1.29 is 29.1 Å². The molecule has 0 spiro atoms. The quantitative estimate of drug-likeness (QED) is 0.503. The Morgan fingerprint density at radius 3 is 2.73 bits per heavy atom. The van der Waals surface area contributed by atoms with Crippen LogP contribution in [0, 0.1) is 0 Å². The SMILES string of the molecule is CCB1OCC(C2OC(=O)C(O)=C2O)O1. The number of hydrogen-bond donors (Lipinski definition) is 2. The maximum atomic E-state index is 10.9. The van der Waals surface area contributed by atoms with Gasteiger partial charge in [-0.2, -0.15) is 0 Å². The molecule has 1 saturated heterocycles. The molecule has 0 amide bonds. The van der Waals surface area contributed by atoms with E-state index in [1.165, 1.54) is 0 Å². The van der Waals surface area contributed by atoms with E-state index in [9.17, 15) is 9.90 Å². The van der Waals surface area contributed by atoms with E-state index in [-0.39, 0.29) is 13.7 Å². The number of carbonyl (C=O) groups excluding carboxylic acids is 1. The molecule has 0 saturated carbocycles. The van der Waals surface area contributed by atoms with Crippen LogP contribution in [0.1, 0.15) is 6.92 Å². The fourth-order valence-electron chi connectivity index (χ4n) is 1.57. The minimum atomic E-state index is -0.950. The average Bonchev–Trinajstić information content (AvgIpc) is 2.79. The Bertz CT molecular complexity index is 314. The van der Waals surface area contributed by atoms with Crippen LogP contribution >= 0.6 is 0 Å².